The number of Topliss-reactive ketones (excluding diaryl/α,β-unsaturated/α-hetero) is 1. The first-order chi connectivity index (χ1) is 11.8. The van der Waals surface area contributed by atoms with E-state index < -0.39 is 16.9 Å². The molecule has 0 saturated heterocycles. The minimum absolute atomic E-state index is 0.0135. The number of nitrogens with zero attached hydrogens (tertiary/aromatic N) is 1. The molecule has 130 valence electrons. The van der Waals surface area contributed by atoms with Gasteiger partial charge in [0.1, 0.15) is 11.9 Å². The molecule has 0 amide bonds. The maximum Gasteiger partial charge on any atom is 0.191 e. The Morgan fingerprint density at radius 1 is 1.28 bits per heavy atom. The van der Waals surface area contributed by atoms with Crippen molar-refractivity contribution in [1.29, 1.82) is 5.26 Å². The molecule has 0 aromatic heterocycles. The van der Waals surface area contributed by atoms with Crippen LogP contribution in [0.25, 0.3) is 0 Å². The fourth-order valence-electron chi connectivity index (χ4n) is 5.50. The minimum atomic E-state index is -1.15. The summed E-state index contributed by atoms with van der Waals surface area (Å²) in [4.78, 5) is 13.7. The molecule has 0 radical (unpaired) electrons. The molecule has 25 heavy (non-hydrogen) atoms. The number of carbonyl (C=O) groups is 1. The Kier molecular flexibility index (Phi) is 3.51. The second-order valence-electron chi connectivity index (χ2n) is 8.42. The van der Waals surface area contributed by atoms with Gasteiger partial charge in [-0.1, -0.05) is 54.8 Å². The van der Waals surface area contributed by atoms with Crippen LogP contribution in [0.3, 0.4) is 0 Å². The first kappa shape index (κ1) is 16.8. The van der Waals surface area contributed by atoms with Crippen molar-refractivity contribution in [3.8, 4) is 11.8 Å². The van der Waals surface area contributed by atoms with Gasteiger partial charge >= 0.3 is 0 Å². The maximum atomic E-state index is 13.7. The topological polar surface area (TPSA) is 50.1 Å². The number of allylic oxidation sites excluding steroid dienone is 1. The molecule has 4 rings (SSSR count). The van der Waals surface area contributed by atoms with Gasteiger partial charge in [-0.05, 0) is 36.5 Å². The lowest BCUT2D eigenvalue weighted by atomic mass is 9.45. The van der Waals surface area contributed by atoms with Gasteiger partial charge in [0.25, 0.3) is 0 Å². The number of benzene rings is 1. The highest BCUT2D eigenvalue weighted by Gasteiger charge is 2.67. The predicted molar refractivity (Wildman–Crippen MR) is 99.4 cm³/mol. The lowest BCUT2D eigenvalue weighted by Gasteiger charge is -2.58. The van der Waals surface area contributed by atoms with Crippen molar-refractivity contribution < 1.29 is 9.53 Å². The van der Waals surface area contributed by atoms with E-state index in [0.29, 0.717) is 17.7 Å². The molecule has 2 aliphatic carbocycles. The average molecular weight is 400 g/mol. The fourth-order valence-corrected chi connectivity index (χ4v) is 5.86. The van der Waals surface area contributed by atoms with E-state index in [1.807, 2.05) is 12.1 Å². The molecular weight excluding hydrogens is 378 g/mol. The van der Waals surface area contributed by atoms with E-state index in [1.54, 1.807) is 6.07 Å². The molecule has 3 atom stereocenters. The van der Waals surface area contributed by atoms with Gasteiger partial charge in [-0.3, -0.25) is 4.79 Å². The van der Waals surface area contributed by atoms with Crippen LogP contribution in [0, 0.1) is 27.6 Å². The van der Waals surface area contributed by atoms with Crippen molar-refractivity contribution >= 4 is 21.7 Å². The van der Waals surface area contributed by atoms with Crippen LogP contribution in [0.4, 0.5) is 0 Å². The maximum absolute atomic E-state index is 13.7. The lowest BCUT2D eigenvalue weighted by molar-refractivity contribution is -0.0252. The molecule has 1 aromatic carbocycles. The van der Waals surface area contributed by atoms with Gasteiger partial charge in [0.05, 0.1) is 11.6 Å². The quantitative estimate of drug-likeness (QED) is 0.544. The fraction of sp³-hybridized carbons (Fsp3) is 0.524. The van der Waals surface area contributed by atoms with Crippen LogP contribution in [0.15, 0.2) is 34.3 Å². The van der Waals surface area contributed by atoms with Crippen molar-refractivity contribution in [2.24, 2.45) is 16.2 Å². The highest BCUT2D eigenvalue weighted by molar-refractivity contribution is 9.10. The van der Waals surface area contributed by atoms with E-state index >= 15 is 0 Å². The third-order valence-electron chi connectivity index (χ3n) is 6.68. The normalized spacial score (nSPS) is 35.4. The summed E-state index contributed by atoms with van der Waals surface area (Å²) in [7, 11) is 0. The first-order valence-corrected chi connectivity index (χ1v) is 9.69. The summed E-state index contributed by atoms with van der Waals surface area (Å²) >= 11 is 3.44. The largest absolute Gasteiger partial charge is 0.487 e. The van der Waals surface area contributed by atoms with Crippen LogP contribution in [0.5, 0.6) is 5.75 Å². The Balaban J connectivity index is 1.96. The molecule has 0 spiro atoms. The SMILES string of the molecule is CC1(C)CCC[C@@]2(C)C1=CC[C@H]1Oc3ccc(Br)cc3C(=O)[C@]12C#N. The molecule has 1 fully saturated rings. The van der Waals surface area contributed by atoms with E-state index in [4.69, 9.17) is 4.74 Å². The Labute approximate surface area is 157 Å². The molecule has 1 heterocycles. The van der Waals surface area contributed by atoms with E-state index in [1.165, 1.54) is 5.57 Å². The van der Waals surface area contributed by atoms with Crippen LogP contribution >= 0.6 is 15.9 Å². The molecular formula is C21H22BrNO2. The lowest BCUT2D eigenvalue weighted by Crippen LogP contribution is -2.62. The van der Waals surface area contributed by atoms with Crippen molar-refractivity contribution in [3.63, 3.8) is 0 Å². The predicted octanol–water partition coefficient (Wildman–Crippen LogP) is 5.45. The molecule has 1 saturated carbocycles. The van der Waals surface area contributed by atoms with Crippen molar-refractivity contribution in [2.45, 2.75) is 52.6 Å². The molecule has 3 nitrogen and oxygen atoms in total. The van der Waals surface area contributed by atoms with Crippen molar-refractivity contribution in [3.05, 3.63) is 39.9 Å². The number of rotatable bonds is 0. The number of carbonyl (C=O) groups excluding carboxylic acids is 1. The van der Waals surface area contributed by atoms with Crippen LogP contribution < -0.4 is 4.74 Å². The molecule has 1 aliphatic heterocycles. The van der Waals surface area contributed by atoms with Gasteiger partial charge in [0.15, 0.2) is 11.2 Å². The Bertz CT molecular complexity index is 850. The van der Waals surface area contributed by atoms with Gasteiger partial charge in [0, 0.05) is 16.3 Å². The Hall–Kier alpha value is -1.60. The second-order valence-corrected chi connectivity index (χ2v) is 9.33. The number of ether oxygens (including phenoxy) is 1. The standard InChI is InChI=1S/C21H22BrNO2/c1-19(2)9-4-10-20(3)16(19)7-8-17-21(20,12-23)18(24)14-11-13(22)5-6-15(14)25-17/h5-7,11,17H,4,8-10H2,1-3H3/t17-,20+,21+/m1/s1. The zero-order valence-corrected chi connectivity index (χ0v) is 16.4. The van der Waals surface area contributed by atoms with E-state index in [0.717, 1.165) is 23.7 Å². The van der Waals surface area contributed by atoms with Gasteiger partial charge < -0.3 is 4.74 Å². The van der Waals surface area contributed by atoms with E-state index in [2.05, 4.69) is 48.8 Å². The summed E-state index contributed by atoms with van der Waals surface area (Å²) in [5.41, 5.74) is 0.170. The van der Waals surface area contributed by atoms with Crippen LogP contribution in [-0.4, -0.2) is 11.9 Å². The van der Waals surface area contributed by atoms with Crippen LogP contribution in [0.1, 0.15) is 56.8 Å². The van der Waals surface area contributed by atoms with Gasteiger partial charge in [0.2, 0.25) is 0 Å². The molecule has 0 bridgehead atoms. The van der Waals surface area contributed by atoms with Gasteiger partial charge in [-0.2, -0.15) is 5.26 Å². The van der Waals surface area contributed by atoms with Gasteiger partial charge in [-0.25, -0.2) is 0 Å². The Morgan fingerprint density at radius 2 is 2.04 bits per heavy atom. The third kappa shape index (κ3) is 1.99. The number of hydrogen-bond acceptors (Lipinski definition) is 3. The second kappa shape index (κ2) is 5.20. The minimum Gasteiger partial charge on any atom is -0.487 e. The molecule has 0 N–H and O–H groups in total. The smallest absolute Gasteiger partial charge is 0.191 e. The summed E-state index contributed by atoms with van der Waals surface area (Å²) in [6, 6.07) is 7.97. The van der Waals surface area contributed by atoms with Crippen LogP contribution in [-0.2, 0) is 0 Å². The summed E-state index contributed by atoms with van der Waals surface area (Å²) in [5.74, 6) is 0.521. The Morgan fingerprint density at radius 3 is 2.76 bits per heavy atom. The summed E-state index contributed by atoms with van der Waals surface area (Å²) in [6.45, 7) is 6.58. The van der Waals surface area contributed by atoms with Crippen molar-refractivity contribution in [2.75, 3.05) is 0 Å². The zero-order valence-electron chi connectivity index (χ0n) is 14.9. The first-order valence-electron chi connectivity index (χ1n) is 8.90. The number of ketones is 1. The average Bonchev–Trinajstić information content (AvgIpc) is 2.55. The summed E-state index contributed by atoms with van der Waals surface area (Å²) in [5, 5.41) is 10.3. The summed E-state index contributed by atoms with van der Waals surface area (Å²) in [6.07, 6.45) is 5.42. The van der Waals surface area contributed by atoms with Crippen molar-refractivity contribution in [1.82, 2.24) is 0 Å². The highest BCUT2D eigenvalue weighted by atomic mass is 79.9. The highest BCUT2D eigenvalue weighted by Crippen LogP contribution is 2.64. The van der Waals surface area contributed by atoms with Crippen LogP contribution in [0.2, 0.25) is 0 Å². The molecule has 4 heteroatoms. The number of nitriles is 1. The van der Waals surface area contributed by atoms with E-state index in [9.17, 15) is 10.1 Å². The number of hydrogen-bond donors (Lipinski definition) is 0. The van der Waals surface area contributed by atoms with Gasteiger partial charge in [-0.15, -0.1) is 0 Å². The zero-order chi connectivity index (χ0) is 18.0. The molecule has 0 unspecified atom stereocenters. The number of halogens is 1. The van der Waals surface area contributed by atoms with E-state index in [-0.39, 0.29) is 11.2 Å². The molecule has 1 aromatic rings. The monoisotopic (exact) mass is 399 g/mol. The number of fused-ring (bicyclic) bond motifs is 4. The third-order valence-corrected chi connectivity index (χ3v) is 7.17. The summed E-state index contributed by atoms with van der Waals surface area (Å²) < 4.78 is 7.06. The molecule has 3 aliphatic rings.